The van der Waals surface area contributed by atoms with E-state index in [9.17, 15) is 9.90 Å². The molecular formula is C19H25NO3. The number of aliphatic hydroxyl groups is 1. The SMILES string of the molecule is CC(C)C(=O)Oc1ccc2c(c1)C1(C)CC3(C2)CN(C)C3C1O. The second-order valence-electron chi connectivity index (χ2n) is 8.33. The predicted molar refractivity (Wildman–Crippen MR) is 87.4 cm³/mol. The highest BCUT2D eigenvalue weighted by atomic mass is 16.5. The summed E-state index contributed by atoms with van der Waals surface area (Å²) in [5.74, 6) is 0.236. The molecule has 2 fully saturated rings. The fraction of sp³-hybridized carbons (Fsp3) is 0.632. The van der Waals surface area contributed by atoms with Gasteiger partial charge in [0.05, 0.1) is 12.0 Å². The molecule has 4 unspecified atom stereocenters. The number of fused-ring (bicyclic) bond motifs is 3. The first kappa shape index (κ1) is 15.2. The molecule has 4 atom stereocenters. The molecule has 4 nitrogen and oxygen atoms in total. The van der Waals surface area contributed by atoms with Crippen LogP contribution in [0.25, 0.3) is 0 Å². The van der Waals surface area contributed by atoms with E-state index in [0.717, 1.165) is 24.9 Å². The average molecular weight is 315 g/mol. The standard InChI is InChI=1S/C19H25NO3/c1-11(2)17(22)23-13-6-5-12-8-19-9-18(3,14(12)7-13)16(21)15(19)20(4)10-19/h5-7,11,15-16,21H,8-10H2,1-4H3. The zero-order valence-corrected chi connectivity index (χ0v) is 14.3. The molecule has 0 radical (unpaired) electrons. The number of carbonyl (C=O) groups is 1. The highest BCUT2D eigenvalue weighted by Gasteiger charge is 2.68. The number of rotatable bonds is 2. The number of benzene rings is 1. The highest BCUT2D eigenvalue weighted by Crippen LogP contribution is 2.63. The van der Waals surface area contributed by atoms with E-state index in [0.29, 0.717) is 5.75 Å². The van der Waals surface area contributed by atoms with Gasteiger partial charge in [-0.25, -0.2) is 0 Å². The van der Waals surface area contributed by atoms with Crippen molar-refractivity contribution < 1.29 is 14.6 Å². The van der Waals surface area contributed by atoms with Gasteiger partial charge >= 0.3 is 5.97 Å². The third kappa shape index (κ3) is 1.88. The van der Waals surface area contributed by atoms with E-state index in [1.807, 2.05) is 26.0 Å². The first-order chi connectivity index (χ1) is 10.8. The van der Waals surface area contributed by atoms with Crippen molar-refractivity contribution in [2.75, 3.05) is 13.6 Å². The topological polar surface area (TPSA) is 49.8 Å². The summed E-state index contributed by atoms with van der Waals surface area (Å²) in [6.45, 7) is 6.89. The Hall–Kier alpha value is -1.39. The van der Waals surface area contributed by atoms with Crippen LogP contribution >= 0.6 is 0 Å². The normalized spacial score (nSPS) is 38.0. The van der Waals surface area contributed by atoms with E-state index in [4.69, 9.17) is 4.74 Å². The number of carbonyl (C=O) groups excluding carboxylic acids is 1. The van der Waals surface area contributed by atoms with Crippen molar-refractivity contribution in [1.82, 2.24) is 4.90 Å². The Morgan fingerprint density at radius 1 is 1.43 bits per heavy atom. The summed E-state index contributed by atoms with van der Waals surface area (Å²) in [6, 6.07) is 6.22. The lowest BCUT2D eigenvalue weighted by atomic mass is 9.63. The summed E-state index contributed by atoms with van der Waals surface area (Å²) in [5, 5.41) is 11.0. The van der Waals surface area contributed by atoms with Crippen LogP contribution in [-0.2, 0) is 16.6 Å². The number of nitrogens with zero attached hydrogens (tertiary/aromatic N) is 1. The van der Waals surface area contributed by atoms with Gasteiger partial charge in [0.25, 0.3) is 0 Å². The number of likely N-dealkylation sites (tertiary alicyclic amines) is 1. The molecule has 1 spiro atoms. The molecule has 2 aliphatic carbocycles. The Morgan fingerprint density at radius 3 is 2.83 bits per heavy atom. The summed E-state index contributed by atoms with van der Waals surface area (Å²) in [7, 11) is 2.10. The van der Waals surface area contributed by atoms with Crippen molar-refractivity contribution in [2.45, 2.75) is 51.2 Å². The van der Waals surface area contributed by atoms with Gasteiger partial charge in [0.15, 0.2) is 0 Å². The number of aliphatic hydroxyl groups excluding tert-OH is 1. The molecule has 1 saturated carbocycles. The fourth-order valence-corrected chi connectivity index (χ4v) is 5.36. The first-order valence-corrected chi connectivity index (χ1v) is 8.50. The van der Waals surface area contributed by atoms with Crippen molar-refractivity contribution in [1.29, 1.82) is 0 Å². The van der Waals surface area contributed by atoms with E-state index >= 15 is 0 Å². The maximum atomic E-state index is 11.9. The van der Waals surface area contributed by atoms with Crippen molar-refractivity contribution in [3.05, 3.63) is 29.3 Å². The number of hydrogen-bond donors (Lipinski definition) is 1. The molecule has 2 bridgehead atoms. The van der Waals surface area contributed by atoms with Gasteiger partial charge in [-0.1, -0.05) is 26.8 Å². The van der Waals surface area contributed by atoms with E-state index in [1.165, 1.54) is 5.56 Å². The Labute approximate surface area is 137 Å². The lowest BCUT2D eigenvalue weighted by Gasteiger charge is -2.54. The zero-order chi connectivity index (χ0) is 16.6. The molecule has 4 rings (SSSR count). The minimum absolute atomic E-state index is 0.147. The smallest absolute Gasteiger partial charge is 0.313 e. The second-order valence-corrected chi connectivity index (χ2v) is 8.33. The Kier molecular flexibility index (Phi) is 3.02. The highest BCUT2D eigenvalue weighted by molar-refractivity contribution is 5.74. The molecule has 1 aliphatic heterocycles. The van der Waals surface area contributed by atoms with Gasteiger partial charge in [0, 0.05) is 23.4 Å². The van der Waals surface area contributed by atoms with Crippen LogP contribution in [0.15, 0.2) is 18.2 Å². The van der Waals surface area contributed by atoms with Crippen molar-refractivity contribution in [2.24, 2.45) is 11.3 Å². The van der Waals surface area contributed by atoms with Gasteiger partial charge in [0.2, 0.25) is 0 Å². The van der Waals surface area contributed by atoms with Crippen LogP contribution in [-0.4, -0.2) is 41.7 Å². The van der Waals surface area contributed by atoms with Crippen LogP contribution in [0.5, 0.6) is 5.75 Å². The maximum absolute atomic E-state index is 11.9. The summed E-state index contributed by atoms with van der Waals surface area (Å²) in [5.41, 5.74) is 2.44. The molecule has 1 aromatic rings. The molecule has 1 saturated heterocycles. The molecule has 1 N–H and O–H groups in total. The predicted octanol–water partition coefficient (Wildman–Crippen LogP) is 2.13. The monoisotopic (exact) mass is 315 g/mol. The zero-order valence-electron chi connectivity index (χ0n) is 14.3. The number of likely N-dealkylation sites (N-methyl/N-ethyl adjacent to an activating group) is 1. The molecule has 124 valence electrons. The third-order valence-corrected chi connectivity index (χ3v) is 6.27. The van der Waals surface area contributed by atoms with Gasteiger partial charge in [-0.05, 0) is 43.1 Å². The van der Waals surface area contributed by atoms with E-state index in [-0.39, 0.29) is 34.9 Å². The van der Waals surface area contributed by atoms with Crippen LogP contribution in [0.1, 0.15) is 38.3 Å². The van der Waals surface area contributed by atoms with Gasteiger partial charge in [-0.3, -0.25) is 9.69 Å². The van der Waals surface area contributed by atoms with Gasteiger partial charge in [-0.15, -0.1) is 0 Å². The number of hydrogen-bond acceptors (Lipinski definition) is 4. The van der Waals surface area contributed by atoms with Crippen molar-refractivity contribution in [3.63, 3.8) is 0 Å². The Morgan fingerprint density at radius 2 is 2.17 bits per heavy atom. The molecule has 1 aromatic carbocycles. The van der Waals surface area contributed by atoms with E-state index in [2.05, 4.69) is 24.9 Å². The van der Waals surface area contributed by atoms with Crippen LogP contribution in [0.2, 0.25) is 0 Å². The van der Waals surface area contributed by atoms with Gasteiger partial charge in [0.1, 0.15) is 5.75 Å². The molecule has 23 heavy (non-hydrogen) atoms. The van der Waals surface area contributed by atoms with Crippen molar-refractivity contribution in [3.8, 4) is 5.75 Å². The Bertz CT molecular complexity index is 685. The van der Waals surface area contributed by atoms with Crippen LogP contribution in [0.3, 0.4) is 0 Å². The first-order valence-electron chi connectivity index (χ1n) is 8.50. The quantitative estimate of drug-likeness (QED) is 0.671. The minimum atomic E-state index is -0.362. The molecule has 0 amide bonds. The maximum Gasteiger partial charge on any atom is 0.313 e. The van der Waals surface area contributed by atoms with Gasteiger partial charge in [-0.2, -0.15) is 0 Å². The molecule has 4 heteroatoms. The van der Waals surface area contributed by atoms with Crippen molar-refractivity contribution >= 4 is 5.97 Å². The summed E-state index contributed by atoms with van der Waals surface area (Å²) < 4.78 is 5.49. The third-order valence-electron chi connectivity index (χ3n) is 6.27. The van der Waals surface area contributed by atoms with E-state index in [1.54, 1.807) is 0 Å². The fourth-order valence-electron chi connectivity index (χ4n) is 5.36. The van der Waals surface area contributed by atoms with Crippen LogP contribution < -0.4 is 4.74 Å². The average Bonchev–Trinajstić information content (AvgIpc) is 2.61. The summed E-state index contributed by atoms with van der Waals surface area (Å²) in [6.07, 6.45) is 1.67. The van der Waals surface area contributed by atoms with Gasteiger partial charge < -0.3 is 9.84 Å². The number of ether oxygens (including phenoxy) is 1. The van der Waals surface area contributed by atoms with Crippen LogP contribution in [0.4, 0.5) is 0 Å². The summed E-state index contributed by atoms with van der Waals surface area (Å²) >= 11 is 0. The lowest BCUT2D eigenvalue weighted by Crippen LogP contribution is -2.64. The largest absolute Gasteiger partial charge is 0.426 e. The molecule has 3 aliphatic rings. The minimum Gasteiger partial charge on any atom is -0.426 e. The Balaban J connectivity index is 1.72. The molecule has 0 aromatic heterocycles. The molecular weight excluding hydrogens is 290 g/mol. The number of esters is 1. The second kappa shape index (κ2) is 4.58. The lowest BCUT2D eigenvalue weighted by molar-refractivity contribution is -0.137. The molecule has 1 heterocycles. The summed E-state index contributed by atoms with van der Waals surface area (Å²) in [4.78, 5) is 14.1. The van der Waals surface area contributed by atoms with Crippen LogP contribution in [0, 0.1) is 11.3 Å². The van der Waals surface area contributed by atoms with E-state index < -0.39 is 0 Å².